The molecule has 0 radical (unpaired) electrons. The van der Waals surface area contributed by atoms with Crippen molar-refractivity contribution in [1.82, 2.24) is 9.88 Å². The molecule has 0 aromatic carbocycles. The van der Waals surface area contributed by atoms with E-state index in [1.165, 1.54) is 5.56 Å². The van der Waals surface area contributed by atoms with Gasteiger partial charge in [0.05, 0.1) is 6.10 Å². The molecule has 0 saturated heterocycles. The van der Waals surface area contributed by atoms with E-state index in [4.69, 9.17) is 0 Å². The van der Waals surface area contributed by atoms with Crippen molar-refractivity contribution in [2.75, 3.05) is 13.6 Å². The molecule has 0 amide bonds. The molecule has 0 spiro atoms. The van der Waals surface area contributed by atoms with Gasteiger partial charge in [-0.05, 0) is 31.7 Å². The molecule has 1 atom stereocenters. The molecule has 1 N–H and O–H groups in total. The minimum absolute atomic E-state index is 0.0816. The molecular formula is C13H22N2O. The molecule has 0 bridgehead atoms. The minimum atomic E-state index is -0.299. The fraction of sp³-hybridized carbons (Fsp3) is 0.615. The van der Waals surface area contributed by atoms with Crippen LogP contribution >= 0.6 is 0 Å². The van der Waals surface area contributed by atoms with Crippen LogP contribution < -0.4 is 0 Å². The summed E-state index contributed by atoms with van der Waals surface area (Å²) in [6.45, 7) is 7.77. The number of nitrogens with zero attached hydrogens (tertiary/aromatic N) is 2. The number of aliphatic hydroxyl groups excluding tert-OH is 1. The van der Waals surface area contributed by atoms with Crippen LogP contribution in [0.2, 0.25) is 0 Å². The van der Waals surface area contributed by atoms with Crippen molar-refractivity contribution < 1.29 is 5.11 Å². The summed E-state index contributed by atoms with van der Waals surface area (Å²) in [4.78, 5) is 6.22. The molecule has 0 aliphatic heterocycles. The van der Waals surface area contributed by atoms with Crippen molar-refractivity contribution in [2.45, 2.75) is 33.4 Å². The summed E-state index contributed by atoms with van der Waals surface area (Å²) < 4.78 is 0. The van der Waals surface area contributed by atoms with Crippen LogP contribution in [-0.4, -0.2) is 34.7 Å². The Balaban J connectivity index is 2.51. The quantitative estimate of drug-likeness (QED) is 0.827. The summed E-state index contributed by atoms with van der Waals surface area (Å²) in [6, 6.07) is 4.04. The van der Waals surface area contributed by atoms with E-state index in [-0.39, 0.29) is 11.5 Å². The first kappa shape index (κ1) is 13.1. The fourth-order valence-electron chi connectivity index (χ4n) is 1.68. The van der Waals surface area contributed by atoms with Gasteiger partial charge in [-0.1, -0.05) is 13.8 Å². The van der Waals surface area contributed by atoms with Gasteiger partial charge in [-0.2, -0.15) is 0 Å². The molecule has 1 aromatic heterocycles. The zero-order valence-corrected chi connectivity index (χ0v) is 10.6. The number of pyridine rings is 1. The highest BCUT2D eigenvalue weighted by Crippen LogP contribution is 2.21. The Labute approximate surface area is 98.1 Å². The second-order valence-electron chi connectivity index (χ2n) is 5.19. The lowest BCUT2D eigenvalue weighted by Crippen LogP contribution is -2.38. The molecule has 1 aromatic rings. The molecule has 0 saturated carbocycles. The largest absolute Gasteiger partial charge is 0.393 e. The van der Waals surface area contributed by atoms with E-state index >= 15 is 0 Å². The number of aromatic nitrogens is 1. The summed E-state index contributed by atoms with van der Waals surface area (Å²) in [6.07, 6.45) is 3.32. The van der Waals surface area contributed by atoms with Crippen LogP contribution in [0.15, 0.2) is 24.5 Å². The Kier molecular flexibility index (Phi) is 4.44. The lowest BCUT2D eigenvalue weighted by atomic mass is 9.87. The van der Waals surface area contributed by atoms with E-state index in [2.05, 4.69) is 30.8 Å². The van der Waals surface area contributed by atoms with Crippen molar-refractivity contribution >= 4 is 0 Å². The molecule has 16 heavy (non-hydrogen) atoms. The second kappa shape index (κ2) is 5.41. The molecule has 3 heteroatoms. The first-order valence-corrected chi connectivity index (χ1v) is 5.67. The third-order valence-electron chi connectivity index (χ3n) is 3.01. The van der Waals surface area contributed by atoms with Gasteiger partial charge in [-0.3, -0.25) is 4.98 Å². The zero-order valence-electron chi connectivity index (χ0n) is 10.6. The first-order chi connectivity index (χ1) is 7.42. The number of hydrogen-bond donors (Lipinski definition) is 1. The van der Waals surface area contributed by atoms with Crippen molar-refractivity contribution in [1.29, 1.82) is 0 Å². The summed E-state index contributed by atoms with van der Waals surface area (Å²) in [5.74, 6) is 0. The van der Waals surface area contributed by atoms with E-state index < -0.39 is 0 Å². The fourth-order valence-corrected chi connectivity index (χ4v) is 1.68. The highest BCUT2D eigenvalue weighted by Gasteiger charge is 2.25. The maximum atomic E-state index is 9.66. The zero-order chi connectivity index (χ0) is 12.2. The molecule has 3 nitrogen and oxygen atoms in total. The van der Waals surface area contributed by atoms with Gasteiger partial charge in [0.2, 0.25) is 0 Å². The van der Waals surface area contributed by atoms with Crippen LogP contribution in [-0.2, 0) is 6.54 Å². The van der Waals surface area contributed by atoms with Gasteiger partial charge in [0.25, 0.3) is 0 Å². The Morgan fingerprint density at radius 3 is 2.44 bits per heavy atom. The first-order valence-electron chi connectivity index (χ1n) is 5.67. The van der Waals surface area contributed by atoms with E-state index in [1.807, 2.05) is 31.5 Å². The predicted octanol–water partition coefficient (Wildman–Crippen LogP) is 1.92. The Hall–Kier alpha value is -0.930. The molecule has 0 fully saturated rings. The van der Waals surface area contributed by atoms with Crippen LogP contribution in [0.5, 0.6) is 0 Å². The summed E-state index contributed by atoms with van der Waals surface area (Å²) >= 11 is 0. The van der Waals surface area contributed by atoms with Crippen molar-refractivity contribution in [2.24, 2.45) is 5.41 Å². The Bertz CT molecular complexity index is 309. The SMILES string of the molecule is CC(O)C(C)(C)CN(C)Cc1ccncc1. The standard InChI is InChI=1S/C13H22N2O/c1-11(16)13(2,3)10-15(4)9-12-5-7-14-8-6-12/h5-8,11,16H,9-10H2,1-4H3. The predicted molar refractivity (Wildman–Crippen MR) is 66.0 cm³/mol. The van der Waals surface area contributed by atoms with E-state index in [9.17, 15) is 5.11 Å². The van der Waals surface area contributed by atoms with E-state index in [0.717, 1.165) is 13.1 Å². The molecular weight excluding hydrogens is 200 g/mol. The Morgan fingerprint density at radius 2 is 1.94 bits per heavy atom. The molecule has 0 aliphatic carbocycles. The van der Waals surface area contributed by atoms with E-state index in [1.54, 1.807) is 0 Å². The lowest BCUT2D eigenvalue weighted by Gasteiger charge is -2.32. The summed E-state index contributed by atoms with van der Waals surface area (Å²) in [5.41, 5.74) is 1.17. The molecule has 1 rings (SSSR count). The highest BCUT2D eigenvalue weighted by molar-refractivity contribution is 5.09. The average molecular weight is 222 g/mol. The van der Waals surface area contributed by atoms with Gasteiger partial charge < -0.3 is 10.0 Å². The van der Waals surface area contributed by atoms with Crippen molar-refractivity contribution in [3.8, 4) is 0 Å². The van der Waals surface area contributed by atoms with Gasteiger partial charge in [-0.15, -0.1) is 0 Å². The van der Waals surface area contributed by atoms with Gasteiger partial charge in [0, 0.05) is 30.9 Å². The third-order valence-corrected chi connectivity index (χ3v) is 3.01. The van der Waals surface area contributed by atoms with Crippen molar-refractivity contribution in [3.05, 3.63) is 30.1 Å². The van der Waals surface area contributed by atoms with Crippen LogP contribution in [0.4, 0.5) is 0 Å². The molecule has 1 unspecified atom stereocenters. The smallest absolute Gasteiger partial charge is 0.0575 e. The van der Waals surface area contributed by atoms with E-state index in [0.29, 0.717) is 0 Å². The average Bonchev–Trinajstić information content (AvgIpc) is 2.17. The molecule has 1 heterocycles. The van der Waals surface area contributed by atoms with Gasteiger partial charge in [0.1, 0.15) is 0 Å². The maximum Gasteiger partial charge on any atom is 0.0575 e. The van der Waals surface area contributed by atoms with Crippen LogP contribution in [0.1, 0.15) is 26.3 Å². The maximum absolute atomic E-state index is 9.66. The summed E-state index contributed by atoms with van der Waals surface area (Å²) in [5, 5.41) is 9.66. The van der Waals surface area contributed by atoms with Gasteiger partial charge >= 0.3 is 0 Å². The number of hydrogen-bond acceptors (Lipinski definition) is 3. The number of aliphatic hydroxyl groups is 1. The summed E-state index contributed by atoms with van der Waals surface area (Å²) in [7, 11) is 2.07. The van der Waals surface area contributed by atoms with Crippen LogP contribution in [0, 0.1) is 5.41 Å². The van der Waals surface area contributed by atoms with Gasteiger partial charge in [0.15, 0.2) is 0 Å². The van der Waals surface area contributed by atoms with Gasteiger partial charge in [-0.25, -0.2) is 0 Å². The lowest BCUT2D eigenvalue weighted by molar-refractivity contribution is 0.0392. The van der Waals surface area contributed by atoms with Crippen LogP contribution in [0.3, 0.4) is 0 Å². The molecule has 0 aliphatic rings. The monoisotopic (exact) mass is 222 g/mol. The second-order valence-corrected chi connectivity index (χ2v) is 5.19. The topological polar surface area (TPSA) is 36.4 Å². The minimum Gasteiger partial charge on any atom is -0.393 e. The number of rotatable bonds is 5. The van der Waals surface area contributed by atoms with Crippen LogP contribution in [0.25, 0.3) is 0 Å². The highest BCUT2D eigenvalue weighted by atomic mass is 16.3. The molecule has 90 valence electrons. The normalized spacial score (nSPS) is 14.1. The third kappa shape index (κ3) is 3.91. The van der Waals surface area contributed by atoms with Crippen molar-refractivity contribution in [3.63, 3.8) is 0 Å². The Morgan fingerprint density at radius 1 is 1.38 bits per heavy atom.